The van der Waals surface area contributed by atoms with Gasteiger partial charge in [0.15, 0.2) is 6.10 Å². The molecule has 12 heteroatoms. The third kappa shape index (κ3) is 26.6. The number of hydrogen-bond acceptors (Lipinski definition) is 9. The summed E-state index contributed by atoms with van der Waals surface area (Å²) in [4.78, 5) is 43.7. The second kappa shape index (κ2) is 26.3. The van der Waals surface area contributed by atoms with E-state index in [0.29, 0.717) is 6.42 Å². The van der Waals surface area contributed by atoms with Crippen LogP contribution in [0.4, 0.5) is 0 Å². The van der Waals surface area contributed by atoms with E-state index in [9.17, 15) is 23.8 Å². The molecule has 0 rings (SSSR count). The summed E-state index contributed by atoms with van der Waals surface area (Å²) in [7, 11) is -4.67. The Bertz CT molecular complexity index is 874. The van der Waals surface area contributed by atoms with Crippen molar-refractivity contribution in [1.82, 2.24) is 0 Å². The van der Waals surface area contributed by atoms with E-state index in [-0.39, 0.29) is 13.0 Å². The van der Waals surface area contributed by atoms with Gasteiger partial charge < -0.3 is 25.2 Å². The number of carbonyl (C=O) groups is 3. The van der Waals surface area contributed by atoms with Crippen molar-refractivity contribution in [3.8, 4) is 0 Å². The van der Waals surface area contributed by atoms with Crippen molar-refractivity contribution >= 4 is 25.7 Å². The first-order valence-electron chi connectivity index (χ1n) is 15.0. The summed E-state index contributed by atoms with van der Waals surface area (Å²) >= 11 is 0. The Kier molecular flexibility index (Phi) is 24.9. The summed E-state index contributed by atoms with van der Waals surface area (Å²) < 4.78 is 31.3. The van der Waals surface area contributed by atoms with Gasteiger partial charge >= 0.3 is 25.7 Å². The van der Waals surface area contributed by atoms with Gasteiger partial charge in [-0.15, -0.1) is 0 Å². The van der Waals surface area contributed by atoms with E-state index in [4.69, 9.17) is 24.8 Å². The molecule has 0 saturated carbocycles. The van der Waals surface area contributed by atoms with Crippen molar-refractivity contribution < 1.29 is 47.5 Å². The van der Waals surface area contributed by atoms with E-state index >= 15 is 0 Å². The van der Waals surface area contributed by atoms with Gasteiger partial charge in [0.05, 0.1) is 13.2 Å². The van der Waals surface area contributed by atoms with Gasteiger partial charge in [-0.1, -0.05) is 81.9 Å². The fraction of sp³-hybridized carbons (Fsp3) is 0.700. The molecule has 0 aromatic rings. The maximum absolute atomic E-state index is 12.2. The summed E-state index contributed by atoms with van der Waals surface area (Å²) in [5.74, 6) is -2.60. The number of esters is 2. The highest BCUT2D eigenvalue weighted by Crippen LogP contribution is 2.43. The van der Waals surface area contributed by atoms with E-state index in [2.05, 4.69) is 47.9 Å². The highest BCUT2D eigenvalue weighted by atomic mass is 31.2. The fourth-order valence-corrected chi connectivity index (χ4v) is 4.34. The molecule has 11 nitrogen and oxygen atoms in total. The van der Waals surface area contributed by atoms with Crippen LogP contribution in [0.15, 0.2) is 36.5 Å². The molecule has 0 spiro atoms. The van der Waals surface area contributed by atoms with Gasteiger partial charge in [0.1, 0.15) is 12.6 Å². The van der Waals surface area contributed by atoms with Crippen LogP contribution in [0.2, 0.25) is 0 Å². The van der Waals surface area contributed by atoms with Crippen LogP contribution in [0.25, 0.3) is 0 Å². The van der Waals surface area contributed by atoms with Crippen LogP contribution in [-0.4, -0.2) is 59.9 Å². The van der Waals surface area contributed by atoms with Crippen LogP contribution in [-0.2, 0) is 37.5 Å². The summed E-state index contributed by atoms with van der Waals surface area (Å²) in [5, 5.41) is 8.71. The smallest absolute Gasteiger partial charge is 0.472 e. The SMILES string of the molecule is CCCCC/C=C\C/C=C\C/C=C\CCCCCCCCC(=O)OC(COC(C)=O)COP(=O)(O)OCC(N)C(=O)O. The maximum atomic E-state index is 12.2. The van der Waals surface area contributed by atoms with Crippen molar-refractivity contribution in [3.63, 3.8) is 0 Å². The van der Waals surface area contributed by atoms with Crippen LogP contribution >= 0.6 is 7.82 Å². The Hall–Kier alpha value is -2.30. The number of rotatable bonds is 27. The average molecular weight is 618 g/mol. The molecule has 0 fully saturated rings. The third-order valence-corrected chi connectivity index (χ3v) is 6.90. The second-order valence-corrected chi connectivity index (χ2v) is 11.4. The van der Waals surface area contributed by atoms with Gasteiger partial charge in [-0.25, -0.2) is 4.57 Å². The molecule has 0 aromatic heterocycles. The van der Waals surface area contributed by atoms with Crippen molar-refractivity contribution in [2.45, 2.75) is 116 Å². The van der Waals surface area contributed by atoms with Crippen LogP contribution in [0, 0.1) is 0 Å². The average Bonchev–Trinajstić information content (AvgIpc) is 2.94. The number of carbonyl (C=O) groups excluding carboxylic acids is 2. The first kappa shape index (κ1) is 39.7. The van der Waals surface area contributed by atoms with Gasteiger partial charge in [-0.2, -0.15) is 0 Å². The molecule has 0 aromatic carbocycles. The quantitative estimate of drug-likeness (QED) is 0.0417. The second-order valence-electron chi connectivity index (χ2n) is 9.96. The number of aliphatic carboxylic acids is 1. The first-order chi connectivity index (χ1) is 20.1. The molecule has 0 saturated heterocycles. The van der Waals surface area contributed by atoms with E-state index < -0.39 is 51.1 Å². The predicted molar refractivity (Wildman–Crippen MR) is 162 cm³/mol. The van der Waals surface area contributed by atoms with Gasteiger partial charge in [-0.05, 0) is 44.9 Å². The Morgan fingerprint density at radius 2 is 1.31 bits per heavy atom. The molecule has 42 heavy (non-hydrogen) atoms. The zero-order chi connectivity index (χ0) is 31.5. The minimum Gasteiger partial charge on any atom is -0.480 e. The largest absolute Gasteiger partial charge is 0.480 e. The lowest BCUT2D eigenvalue weighted by atomic mass is 10.1. The third-order valence-electron chi connectivity index (χ3n) is 5.95. The van der Waals surface area contributed by atoms with Crippen molar-refractivity contribution in [2.24, 2.45) is 5.73 Å². The highest BCUT2D eigenvalue weighted by Gasteiger charge is 2.27. The van der Waals surface area contributed by atoms with Crippen molar-refractivity contribution in [2.75, 3.05) is 19.8 Å². The van der Waals surface area contributed by atoms with Crippen LogP contribution in [0.3, 0.4) is 0 Å². The Morgan fingerprint density at radius 1 is 0.786 bits per heavy atom. The lowest BCUT2D eigenvalue weighted by Gasteiger charge is -2.20. The molecule has 0 radical (unpaired) electrons. The molecular formula is C30H52NO10P. The molecule has 3 atom stereocenters. The highest BCUT2D eigenvalue weighted by molar-refractivity contribution is 7.47. The summed E-state index contributed by atoms with van der Waals surface area (Å²) in [6.07, 6.45) is 26.2. The van der Waals surface area contributed by atoms with E-state index in [1.165, 1.54) is 25.7 Å². The molecule has 0 heterocycles. The number of phosphoric ester groups is 1. The van der Waals surface area contributed by atoms with E-state index in [1.807, 2.05) is 0 Å². The molecule has 0 aliphatic rings. The van der Waals surface area contributed by atoms with Crippen molar-refractivity contribution in [1.29, 1.82) is 0 Å². The van der Waals surface area contributed by atoms with Crippen molar-refractivity contribution in [3.05, 3.63) is 36.5 Å². The molecule has 0 aliphatic heterocycles. The zero-order valence-corrected chi connectivity index (χ0v) is 26.2. The van der Waals surface area contributed by atoms with E-state index in [1.54, 1.807) is 0 Å². The Morgan fingerprint density at radius 3 is 1.88 bits per heavy atom. The monoisotopic (exact) mass is 617 g/mol. The zero-order valence-electron chi connectivity index (χ0n) is 25.3. The number of allylic oxidation sites excluding steroid dienone is 6. The molecule has 0 bridgehead atoms. The molecule has 0 aliphatic carbocycles. The standard InChI is InChI=1S/C30H52NO10P/c1-3-4-5-6-7-8-9-10-11-12-13-14-15-16-17-18-19-20-21-22-29(33)41-27(23-38-26(2)32)24-39-42(36,37)40-25-28(31)30(34)35/h7-8,10-11,13-14,27-28H,3-6,9,12,15-25,31H2,1-2H3,(H,34,35)(H,36,37)/b8-7-,11-10-,14-13-. The number of carboxylic acids is 1. The molecule has 242 valence electrons. The lowest BCUT2D eigenvalue weighted by molar-refractivity contribution is -0.160. The molecule has 4 N–H and O–H groups in total. The molecular weight excluding hydrogens is 565 g/mol. The number of phosphoric acid groups is 1. The minimum absolute atomic E-state index is 0.141. The van der Waals surface area contributed by atoms with Gasteiger partial charge in [-0.3, -0.25) is 23.4 Å². The summed E-state index contributed by atoms with van der Waals surface area (Å²) in [6.45, 7) is 1.64. The fourth-order valence-electron chi connectivity index (χ4n) is 3.56. The summed E-state index contributed by atoms with van der Waals surface area (Å²) in [5.41, 5.74) is 5.22. The summed E-state index contributed by atoms with van der Waals surface area (Å²) in [6, 6.07) is -1.52. The Labute approximate surface area is 251 Å². The minimum atomic E-state index is -4.67. The normalized spacial score (nSPS) is 14.8. The topological polar surface area (TPSA) is 172 Å². The number of carboxylic acid groups (broad SMARTS) is 1. The number of ether oxygens (including phenoxy) is 2. The first-order valence-corrected chi connectivity index (χ1v) is 16.4. The number of unbranched alkanes of at least 4 members (excludes halogenated alkanes) is 9. The predicted octanol–water partition coefficient (Wildman–Crippen LogP) is 6.16. The molecule has 3 unspecified atom stereocenters. The van der Waals surface area contributed by atoms with Crippen LogP contribution in [0.5, 0.6) is 0 Å². The van der Waals surface area contributed by atoms with Crippen LogP contribution < -0.4 is 5.73 Å². The van der Waals surface area contributed by atoms with Gasteiger partial charge in [0, 0.05) is 13.3 Å². The maximum Gasteiger partial charge on any atom is 0.472 e. The van der Waals surface area contributed by atoms with Crippen LogP contribution in [0.1, 0.15) is 104 Å². The Balaban J connectivity index is 4.03. The van der Waals surface area contributed by atoms with Gasteiger partial charge in [0.2, 0.25) is 0 Å². The lowest BCUT2D eigenvalue weighted by Crippen LogP contribution is -2.34. The van der Waals surface area contributed by atoms with Gasteiger partial charge in [0.25, 0.3) is 0 Å². The number of nitrogens with two attached hydrogens (primary N) is 1. The van der Waals surface area contributed by atoms with E-state index in [0.717, 1.165) is 58.3 Å². The molecule has 0 amide bonds. The number of hydrogen-bond donors (Lipinski definition) is 3.